The predicted octanol–water partition coefficient (Wildman–Crippen LogP) is 2.79. The Balaban J connectivity index is 0.00000161. The molecule has 2 aliphatic rings. The summed E-state index contributed by atoms with van der Waals surface area (Å²) in [6.07, 6.45) is 6.81. The Morgan fingerprint density at radius 2 is 2.10 bits per heavy atom. The first-order chi connectivity index (χ1) is 9.84. The normalized spacial score (nSPS) is 24.0. The van der Waals surface area contributed by atoms with Gasteiger partial charge in [-0.25, -0.2) is 0 Å². The molecule has 0 spiro atoms. The Morgan fingerprint density at radius 1 is 1.24 bits per heavy atom. The van der Waals surface area contributed by atoms with E-state index in [2.05, 4.69) is 28.8 Å². The third kappa shape index (κ3) is 3.98. The summed E-state index contributed by atoms with van der Waals surface area (Å²) >= 11 is 0. The van der Waals surface area contributed by atoms with Gasteiger partial charge < -0.3 is 10.6 Å². The van der Waals surface area contributed by atoms with Gasteiger partial charge in [0.25, 0.3) is 0 Å². The maximum Gasteiger partial charge on any atom is 0.227 e. The van der Waals surface area contributed by atoms with Gasteiger partial charge in [-0.05, 0) is 56.2 Å². The third-order valence-electron chi connectivity index (χ3n) is 4.64. The van der Waals surface area contributed by atoms with Crippen molar-refractivity contribution in [3.63, 3.8) is 0 Å². The molecule has 1 aliphatic carbocycles. The van der Waals surface area contributed by atoms with Crippen molar-refractivity contribution >= 4 is 18.3 Å². The Morgan fingerprint density at radius 3 is 2.90 bits per heavy atom. The lowest BCUT2D eigenvalue weighted by atomic mass is 9.82. The standard InChI is InChI=1S/C17H24N2O.ClH/c20-17(19-12-10-14-7-4-11-18-14)16-9-3-6-13-5-1-2-8-15(13)16;/h1-2,5,8,14,16,18H,3-4,6-7,9-12H2,(H,19,20);1H/t14-,16?;/m1./s1. The highest BCUT2D eigenvalue weighted by Crippen LogP contribution is 2.31. The number of halogens is 1. The molecular formula is C17H25ClN2O. The van der Waals surface area contributed by atoms with E-state index in [4.69, 9.17) is 0 Å². The summed E-state index contributed by atoms with van der Waals surface area (Å²) in [7, 11) is 0. The van der Waals surface area contributed by atoms with Crippen LogP contribution < -0.4 is 10.6 Å². The fourth-order valence-electron chi connectivity index (χ4n) is 3.52. The molecule has 1 amide bonds. The Kier molecular flexibility index (Phi) is 6.07. The number of carbonyl (C=O) groups excluding carboxylic acids is 1. The van der Waals surface area contributed by atoms with Crippen molar-refractivity contribution in [2.75, 3.05) is 13.1 Å². The van der Waals surface area contributed by atoms with E-state index >= 15 is 0 Å². The largest absolute Gasteiger partial charge is 0.356 e. The van der Waals surface area contributed by atoms with E-state index in [0.29, 0.717) is 6.04 Å². The van der Waals surface area contributed by atoms with E-state index in [9.17, 15) is 4.79 Å². The Bertz CT molecular complexity index is 472. The first-order valence-electron chi connectivity index (χ1n) is 7.93. The van der Waals surface area contributed by atoms with Crippen molar-refractivity contribution in [3.05, 3.63) is 35.4 Å². The number of hydrogen-bond acceptors (Lipinski definition) is 2. The first-order valence-corrected chi connectivity index (χ1v) is 7.93. The third-order valence-corrected chi connectivity index (χ3v) is 4.64. The Hall–Kier alpha value is -1.06. The maximum absolute atomic E-state index is 12.4. The fraction of sp³-hybridized carbons (Fsp3) is 0.588. The fourth-order valence-corrected chi connectivity index (χ4v) is 3.52. The van der Waals surface area contributed by atoms with Crippen LogP contribution in [0.3, 0.4) is 0 Å². The van der Waals surface area contributed by atoms with Crippen molar-refractivity contribution in [3.8, 4) is 0 Å². The smallest absolute Gasteiger partial charge is 0.227 e. The second-order valence-corrected chi connectivity index (χ2v) is 6.02. The summed E-state index contributed by atoms with van der Waals surface area (Å²) in [6, 6.07) is 9.01. The van der Waals surface area contributed by atoms with Crippen molar-refractivity contribution < 1.29 is 4.79 Å². The van der Waals surface area contributed by atoms with Gasteiger partial charge >= 0.3 is 0 Å². The molecule has 3 rings (SSSR count). The summed E-state index contributed by atoms with van der Waals surface area (Å²) in [5.41, 5.74) is 2.60. The van der Waals surface area contributed by atoms with Crippen LogP contribution in [0.5, 0.6) is 0 Å². The maximum atomic E-state index is 12.4. The first kappa shape index (κ1) is 16.3. The number of fused-ring (bicyclic) bond motifs is 1. The van der Waals surface area contributed by atoms with Gasteiger partial charge in [-0.1, -0.05) is 24.3 Å². The molecular weight excluding hydrogens is 284 g/mol. The van der Waals surface area contributed by atoms with Gasteiger partial charge in [0.1, 0.15) is 0 Å². The SMILES string of the molecule is Cl.O=C(NCC[C@H]1CCCN1)C1CCCc2ccccc21. The highest BCUT2D eigenvalue weighted by molar-refractivity contribution is 5.85. The van der Waals surface area contributed by atoms with Crippen LogP contribution in [0.4, 0.5) is 0 Å². The lowest BCUT2D eigenvalue weighted by Gasteiger charge is -2.24. The lowest BCUT2D eigenvalue weighted by Crippen LogP contribution is -2.34. The molecule has 1 unspecified atom stereocenters. The van der Waals surface area contributed by atoms with Crippen molar-refractivity contribution in [1.29, 1.82) is 0 Å². The van der Waals surface area contributed by atoms with Crippen molar-refractivity contribution in [2.45, 2.75) is 50.5 Å². The highest BCUT2D eigenvalue weighted by atomic mass is 35.5. The molecule has 2 N–H and O–H groups in total. The van der Waals surface area contributed by atoms with Gasteiger partial charge in [0.05, 0.1) is 5.92 Å². The molecule has 0 aromatic heterocycles. The number of carbonyl (C=O) groups is 1. The summed E-state index contributed by atoms with van der Waals surface area (Å²) in [6.45, 7) is 1.93. The lowest BCUT2D eigenvalue weighted by molar-refractivity contribution is -0.122. The quantitative estimate of drug-likeness (QED) is 0.898. The van der Waals surface area contributed by atoms with Gasteiger partial charge in [-0.3, -0.25) is 4.79 Å². The van der Waals surface area contributed by atoms with Crippen molar-refractivity contribution in [2.24, 2.45) is 0 Å². The van der Waals surface area contributed by atoms with Crippen LogP contribution in [0.15, 0.2) is 24.3 Å². The molecule has 0 radical (unpaired) electrons. The number of benzene rings is 1. The topological polar surface area (TPSA) is 41.1 Å². The zero-order valence-electron chi connectivity index (χ0n) is 12.4. The van der Waals surface area contributed by atoms with Gasteiger partial charge in [0.2, 0.25) is 5.91 Å². The molecule has 1 aromatic carbocycles. The number of amides is 1. The van der Waals surface area contributed by atoms with Crippen LogP contribution in [0.25, 0.3) is 0 Å². The van der Waals surface area contributed by atoms with Gasteiger partial charge in [-0.15, -0.1) is 12.4 Å². The molecule has 1 saturated heterocycles. The molecule has 3 nitrogen and oxygen atoms in total. The van der Waals surface area contributed by atoms with Crippen LogP contribution >= 0.6 is 12.4 Å². The summed E-state index contributed by atoms with van der Waals surface area (Å²) in [5.74, 6) is 0.284. The summed E-state index contributed by atoms with van der Waals surface area (Å²) < 4.78 is 0. The number of nitrogens with one attached hydrogen (secondary N) is 2. The minimum absolute atomic E-state index is 0. The van der Waals surface area contributed by atoms with Crippen LogP contribution in [0, 0.1) is 0 Å². The monoisotopic (exact) mass is 308 g/mol. The second kappa shape index (κ2) is 7.81. The van der Waals surface area contributed by atoms with Crippen LogP contribution in [-0.2, 0) is 11.2 Å². The molecule has 0 bridgehead atoms. The Labute approximate surface area is 133 Å². The van der Waals surface area contributed by atoms with Crippen LogP contribution in [0.1, 0.15) is 49.1 Å². The highest BCUT2D eigenvalue weighted by Gasteiger charge is 2.26. The molecule has 1 fully saturated rings. The number of rotatable bonds is 4. The molecule has 0 saturated carbocycles. The van der Waals surface area contributed by atoms with Crippen LogP contribution in [-0.4, -0.2) is 25.0 Å². The number of hydrogen-bond donors (Lipinski definition) is 2. The summed E-state index contributed by atoms with van der Waals surface area (Å²) in [5, 5.41) is 6.62. The minimum atomic E-state index is 0. The molecule has 1 aromatic rings. The van der Waals surface area contributed by atoms with E-state index in [1.807, 2.05) is 6.07 Å². The van der Waals surface area contributed by atoms with E-state index in [1.54, 1.807) is 0 Å². The molecule has 1 heterocycles. The molecule has 4 heteroatoms. The summed E-state index contributed by atoms with van der Waals surface area (Å²) in [4.78, 5) is 12.4. The minimum Gasteiger partial charge on any atom is -0.356 e. The molecule has 116 valence electrons. The average molecular weight is 309 g/mol. The van der Waals surface area contributed by atoms with E-state index < -0.39 is 0 Å². The zero-order valence-corrected chi connectivity index (χ0v) is 13.3. The van der Waals surface area contributed by atoms with Crippen molar-refractivity contribution in [1.82, 2.24) is 10.6 Å². The number of aryl methyl sites for hydroxylation is 1. The van der Waals surface area contributed by atoms with E-state index in [1.165, 1.54) is 24.0 Å². The van der Waals surface area contributed by atoms with Crippen LogP contribution in [0.2, 0.25) is 0 Å². The van der Waals surface area contributed by atoms with Gasteiger partial charge in [0, 0.05) is 12.6 Å². The zero-order chi connectivity index (χ0) is 13.8. The molecule has 2 atom stereocenters. The van der Waals surface area contributed by atoms with E-state index in [0.717, 1.165) is 38.8 Å². The molecule has 1 aliphatic heterocycles. The average Bonchev–Trinajstić information content (AvgIpc) is 3.00. The van der Waals surface area contributed by atoms with Gasteiger partial charge in [-0.2, -0.15) is 0 Å². The second-order valence-electron chi connectivity index (χ2n) is 6.02. The van der Waals surface area contributed by atoms with E-state index in [-0.39, 0.29) is 24.2 Å². The van der Waals surface area contributed by atoms with Gasteiger partial charge in [0.15, 0.2) is 0 Å². The molecule has 21 heavy (non-hydrogen) atoms. The predicted molar refractivity (Wildman–Crippen MR) is 88.0 cm³/mol.